The lowest BCUT2D eigenvalue weighted by atomic mass is 10.1. The van der Waals surface area contributed by atoms with E-state index in [1.165, 1.54) is 6.21 Å². The number of halogens is 2. The number of hydrogen-bond acceptors (Lipinski definition) is 4. The average Bonchev–Trinajstić information content (AvgIpc) is 2.63. The van der Waals surface area contributed by atoms with Gasteiger partial charge in [0.05, 0.1) is 11.4 Å². The number of nitrogens with one attached hydrogen (secondary N) is 1. The summed E-state index contributed by atoms with van der Waals surface area (Å²) in [6.07, 6.45) is 1.91. The van der Waals surface area contributed by atoms with Gasteiger partial charge in [0.15, 0.2) is 0 Å². The second kappa shape index (κ2) is 8.22. The molecule has 3 aromatic rings. The number of benzene rings is 2. The van der Waals surface area contributed by atoms with Crippen LogP contribution in [0.1, 0.15) is 18.1 Å². The fraction of sp³-hybridized carbons (Fsp3) is 0.105. The summed E-state index contributed by atoms with van der Waals surface area (Å²) in [4.78, 5) is 31.0. The number of aromatic hydroxyl groups is 1. The van der Waals surface area contributed by atoms with Crippen molar-refractivity contribution in [2.24, 2.45) is 4.99 Å². The standard InChI is InChI=1S/C19H15BrIN3O3/c1-2-11-9-12(20)3-8-16(11)24-18(26)15(17(25)23-19(24)27)10-22-14-6-4-13(21)5-7-14/h3-10,26H,2H2,1H3,(H,23,25,27). The van der Waals surface area contributed by atoms with Crippen molar-refractivity contribution in [2.45, 2.75) is 13.3 Å². The first-order valence-corrected chi connectivity index (χ1v) is 9.94. The molecule has 1 aromatic heterocycles. The van der Waals surface area contributed by atoms with Crippen LogP contribution in [0.4, 0.5) is 5.69 Å². The first-order chi connectivity index (χ1) is 12.9. The summed E-state index contributed by atoms with van der Waals surface area (Å²) in [5.74, 6) is -0.449. The minimum atomic E-state index is -0.707. The molecule has 2 N–H and O–H groups in total. The highest BCUT2D eigenvalue weighted by atomic mass is 127. The Hall–Kier alpha value is -2.20. The fourth-order valence-electron chi connectivity index (χ4n) is 2.60. The Balaban J connectivity index is 2.15. The number of aromatic amines is 1. The molecule has 2 aromatic carbocycles. The first kappa shape index (κ1) is 19.6. The van der Waals surface area contributed by atoms with E-state index in [0.29, 0.717) is 17.8 Å². The molecular formula is C19H15BrIN3O3. The van der Waals surface area contributed by atoms with E-state index in [4.69, 9.17) is 0 Å². The van der Waals surface area contributed by atoms with Crippen LogP contribution in [0.5, 0.6) is 5.88 Å². The van der Waals surface area contributed by atoms with Gasteiger partial charge in [0, 0.05) is 14.3 Å². The SMILES string of the molecule is CCc1cc(Br)ccc1-n1c(O)c(C=Nc2ccc(I)cc2)c(=O)[nH]c1=O. The molecule has 0 spiro atoms. The summed E-state index contributed by atoms with van der Waals surface area (Å²) < 4.78 is 3.01. The van der Waals surface area contributed by atoms with Crippen molar-refractivity contribution >= 4 is 50.4 Å². The van der Waals surface area contributed by atoms with Gasteiger partial charge in [-0.05, 0) is 77.0 Å². The van der Waals surface area contributed by atoms with Crippen LogP contribution in [0.3, 0.4) is 0 Å². The third-order valence-electron chi connectivity index (χ3n) is 3.95. The van der Waals surface area contributed by atoms with Crippen LogP contribution >= 0.6 is 38.5 Å². The Morgan fingerprint density at radius 1 is 1.22 bits per heavy atom. The van der Waals surface area contributed by atoms with Crippen molar-refractivity contribution < 1.29 is 5.11 Å². The van der Waals surface area contributed by atoms with Gasteiger partial charge in [0.1, 0.15) is 5.56 Å². The molecule has 0 atom stereocenters. The molecule has 6 nitrogen and oxygen atoms in total. The van der Waals surface area contributed by atoms with Crippen molar-refractivity contribution in [3.63, 3.8) is 0 Å². The number of nitrogens with zero attached hydrogens (tertiary/aromatic N) is 2. The lowest BCUT2D eigenvalue weighted by Gasteiger charge is -2.13. The number of rotatable bonds is 4. The van der Waals surface area contributed by atoms with Crippen molar-refractivity contribution in [2.75, 3.05) is 0 Å². The van der Waals surface area contributed by atoms with Gasteiger partial charge < -0.3 is 5.11 Å². The average molecular weight is 540 g/mol. The highest BCUT2D eigenvalue weighted by Crippen LogP contribution is 2.23. The molecule has 0 fully saturated rings. The predicted octanol–water partition coefficient (Wildman–Crippen LogP) is 3.91. The predicted molar refractivity (Wildman–Crippen MR) is 118 cm³/mol. The maximum absolute atomic E-state index is 12.4. The van der Waals surface area contributed by atoms with Gasteiger partial charge in [-0.1, -0.05) is 22.9 Å². The number of aryl methyl sites for hydroxylation is 1. The highest BCUT2D eigenvalue weighted by molar-refractivity contribution is 14.1. The molecule has 0 aliphatic rings. The summed E-state index contributed by atoms with van der Waals surface area (Å²) >= 11 is 5.58. The Kier molecular flexibility index (Phi) is 5.95. The molecule has 0 unspecified atom stereocenters. The van der Waals surface area contributed by atoms with E-state index in [1.54, 1.807) is 24.3 Å². The van der Waals surface area contributed by atoms with Gasteiger partial charge in [-0.25, -0.2) is 9.36 Å². The minimum absolute atomic E-state index is 0.0851. The Bertz CT molecular complexity index is 1130. The van der Waals surface area contributed by atoms with E-state index in [0.717, 1.165) is 18.2 Å². The van der Waals surface area contributed by atoms with Crippen LogP contribution in [-0.4, -0.2) is 20.9 Å². The maximum Gasteiger partial charge on any atom is 0.335 e. The Morgan fingerprint density at radius 3 is 2.59 bits per heavy atom. The lowest BCUT2D eigenvalue weighted by molar-refractivity contribution is 0.429. The van der Waals surface area contributed by atoms with Gasteiger partial charge >= 0.3 is 5.69 Å². The number of aliphatic imine (C=N–C) groups is 1. The fourth-order valence-corrected chi connectivity index (χ4v) is 3.37. The van der Waals surface area contributed by atoms with Crippen molar-refractivity contribution in [1.29, 1.82) is 0 Å². The van der Waals surface area contributed by atoms with Crippen LogP contribution in [0.2, 0.25) is 0 Å². The second-order valence-corrected chi connectivity index (χ2v) is 7.85. The molecule has 3 rings (SSSR count). The zero-order valence-electron chi connectivity index (χ0n) is 14.2. The van der Waals surface area contributed by atoms with E-state index in [9.17, 15) is 14.7 Å². The van der Waals surface area contributed by atoms with E-state index in [2.05, 4.69) is 48.5 Å². The molecule has 27 heavy (non-hydrogen) atoms. The smallest absolute Gasteiger partial charge is 0.335 e. The molecule has 0 aliphatic heterocycles. The lowest BCUT2D eigenvalue weighted by Crippen LogP contribution is -2.31. The van der Waals surface area contributed by atoms with E-state index >= 15 is 0 Å². The zero-order valence-corrected chi connectivity index (χ0v) is 18.0. The molecule has 138 valence electrons. The number of aromatic nitrogens is 2. The molecule has 0 aliphatic carbocycles. The van der Waals surface area contributed by atoms with Crippen LogP contribution in [0.25, 0.3) is 5.69 Å². The second-order valence-electron chi connectivity index (χ2n) is 5.69. The molecule has 0 radical (unpaired) electrons. The van der Waals surface area contributed by atoms with Crippen LogP contribution in [0, 0.1) is 3.57 Å². The summed E-state index contributed by atoms with van der Waals surface area (Å²) in [5, 5.41) is 10.7. The van der Waals surface area contributed by atoms with E-state index in [-0.39, 0.29) is 5.56 Å². The van der Waals surface area contributed by atoms with Crippen LogP contribution < -0.4 is 11.2 Å². The van der Waals surface area contributed by atoms with E-state index in [1.807, 2.05) is 25.1 Å². The largest absolute Gasteiger partial charge is 0.493 e. The third kappa shape index (κ3) is 4.22. The maximum atomic E-state index is 12.4. The summed E-state index contributed by atoms with van der Waals surface area (Å²) in [6.45, 7) is 1.94. The Morgan fingerprint density at radius 2 is 1.93 bits per heavy atom. The van der Waals surface area contributed by atoms with E-state index < -0.39 is 17.1 Å². The van der Waals surface area contributed by atoms with Gasteiger partial charge in [-0.15, -0.1) is 0 Å². The summed E-state index contributed by atoms with van der Waals surface area (Å²) in [5.41, 5.74) is 0.486. The highest BCUT2D eigenvalue weighted by Gasteiger charge is 2.16. The number of H-pyrrole nitrogens is 1. The molecular weight excluding hydrogens is 525 g/mol. The molecule has 1 heterocycles. The van der Waals surface area contributed by atoms with Gasteiger partial charge in [-0.3, -0.25) is 14.8 Å². The van der Waals surface area contributed by atoms with Gasteiger partial charge in [0.2, 0.25) is 5.88 Å². The number of hydrogen-bond donors (Lipinski definition) is 2. The molecule has 0 amide bonds. The Labute approximate surface area is 176 Å². The molecule has 0 saturated carbocycles. The molecule has 0 bridgehead atoms. The van der Waals surface area contributed by atoms with Crippen molar-refractivity contribution in [3.8, 4) is 11.6 Å². The minimum Gasteiger partial charge on any atom is -0.493 e. The first-order valence-electron chi connectivity index (χ1n) is 8.07. The molecule has 8 heteroatoms. The van der Waals surface area contributed by atoms with Crippen molar-refractivity contribution in [1.82, 2.24) is 9.55 Å². The van der Waals surface area contributed by atoms with Crippen LogP contribution in [-0.2, 0) is 6.42 Å². The summed E-state index contributed by atoms with van der Waals surface area (Å²) in [6, 6.07) is 12.7. The van der Waals surface area contributed by atoms with Gasteiger partial charge in [-0.2, -0.15) is 0 Å². The van der Waals surface area contributed by atoms with Gasteiger partial charge in [0.25, 0.3) is 5.56 Å². The van der Waals surface area contributed by atoms with Crippen molar-refractivity contribution in [3.05, 3.63) is 82.5 Å². The third-order valence-corrected chi connectivity index (χ3v) is 5.17. The normalized spacial score (nSPS) is 11.2. The molecule has 0 saturated heterocycles. The van der Waals surface area contributed by atoms with Crippen LogP contribution in [0.15, 0.2) is 61.5 Å². The monoisotopic (exact) mass is 539 g/mol. The zero-order chi connectivity index (χ0) is 19.6. The topological polar surface area (TPSA) is 87.4 Å². The summed E-state index contributed by atoms with van der Waals surface area (Å²) in [7, 11) is 0. The quantitative estimate of drug-likeness (QED) is 0.389.